The van der Waals surface area contributed by atoms with E-state index in [-0.39, 0.29) is 5.69 Å². The van der Waals surface area contributed by atoms with Gasteiger partial charge in [0.25, 0.3) is 0 Å². The summed E-state index contributed by atoms with van der Waals surface area (Å²) in [7, 11) is 0. The largest absolute Gasteiger partial charge is 0.301 e. The van der Waals surface area contributed by atoms with Crippen LogP contribution in [0.25, 0.3) is 11.4 Å². The topological polar surface area (TPSA) is 56.4 Å². The van der Waals surface area contributed by atoms with Crippen molar-refractivity contribution < 1.29 is 0 Å². The van der Waals surface area contributed by atoms with E-state index >= 15 is 0 Å². The van der Waals surface area contributed by atoms with Gasteiger partial charge in [-0.1, -0.05) is 36.4 Å². The predicted octanol–water partition coefficient (Wildman–Crippen LogP) is 3.33. The van der Waals surface area contributed by atoms with E-state index < -0.39 is 5.56 Å². The van der Waals surface area contributed by atoms with Crippen LogP contribution in [0.1, 0.15) is 5.69 Å². The van der Waals surface area contributed by atoms with E-state index in [9.17, 15) is 9.70 Å². The molecule has 0 fully saturated rings. The van der Waals surface area contributed by atoms with Gasteiger partial charge in [-0.05, 0) is 36.4 Å². The molecule has 0 saturated carbocycles. The molecule has 5 heteroatoms. The van der Waals surface area contributed by atoms with Crippen molar-refractivity contribution in [2.45, 2.75) is 6.92 Å². The monoisotopic (exact) mass is 279 g/mol. The third-order valence-electron chi connectivity index (χ3n) is 3.35. The SMILES string of the molecule is Cc1c(N=O)c(=O)n(-c2ccccc2)n1-c1ccccc1. The van der Waals surface area contributed by atoms with Crippen molar-refractivity contribution in [1.82, 2.24) is 9.36 Å². The average molecular weight is 279 g/mol. The zero-order valence-electron chi connectivity index (χ0n) is 11.4. The summed E-state index contributed by atoms with van der Waals surface area (Å²) >= 11 is 0. The number of para-hydroxylation sites is 2. The zero-order valence-corrected chi connectivity index (χ0v) is 11.4. The maximum absolute atomic E-state index is 12.5. The van der Waals surface area contributed by atoms with Gasteiger partial charge in [-0.3, -0.25) is 4.79 Å². The number of nitroso groups, excluding NO2 is 1. The summed E-state index contributed by atoms with van der Waals surface area (Å²) in [6.07, 6.45) is 0. The third kappa shape index (κ3) is 2.08. The van der Waals surface area contributed by atoms with Crippen LogP contribution in [0.3, 0.4) is 0 Å². The van der Waals surface area contributed by atoms with Gasteiger partial charge in [0, 0.05) is 0 Å². The molecule has 0 amide bonds. The van der Waals surface area contributed by atoms with E-state index in [0.717, 1.165) is 5.69 Å². The van der Waals surface area contributed by atoms with Crippen LogP contribution in [0.5, 0.6) is 0 Å². The summed E-state index contributed by atoms with van der Waals surface area (Å²) in [5, 5.41) is 2.90. The molecular weight excluding hydrogens is 266 g/mol. The van der Waals surface area contributed by atoms with E-state index in [2.05, 4.69) is 5.18 Å². The highest BCUT2D eigenvalue weighted by atomic mass is 16.3. The van der Waals surface area contributed by atoms with Gasteiger partial charge in [-0.15, -0.1) is 4.91 Å². The zero-order chi connectivity index (χ0) is 14.8. The molecule has 0 aliphatic carbocycles. The molecule has 0 bridgehead atoms. The number of aromatic nitrogens is 2. The second-order valence-electron chi connectivity index (χ2n) is 4.63. The molecule has 0 aliphatic heterocycles. The quantitative estimate of drug-likeness (QED) is 0.690. The summed E-state index contributed by atoms with van der Waals surface area (Å²) in [6, 6.07) is 18.6. The Balaban J connectivity index is 2.39. The van der Waals surface area contributed by atoms with Crippen molar-refractivity contribution in [2.24, 2.45) is 5.18 Å². The number of hydrogen-bond acceptors (Lipinski definition) is 3. The lowest BCUT2D eigenvalue weighted by molar-refractivity contribution is 0.707. The first-order valence-electron chi connectivity index (χ1n) is 6.53. The maximum Gasteiger partial charge on any atom is 0.301 e. The van der Waals surface area contributed by atoms with Crippen LogP contribution in [0, 0.1) is 11.8 Å². The van der Waals surface area contributed by atoms with Crippen LogP contribution in [0.2, 0.25) is 0 Å². The summed E-state index contributed by atoms with van der Waals surface area (Å²) in [5.74, 6) is 0. The Kier molecular flexibility index (Phi) is 3.23. The van der Waals surface area contributed by atoms with E-state index in [0.29, 0.717) is 11.4 Å². The smallest absolute Gasteiger partial charge is 0.265 e. The second kappa shape index (κ2) is 5.20. The lowest BCUT2D eigenvalue weighted by Crippen LogP contribution is -2.20. The van der Waals surface area contributed by atoms with E-state index in [1.165, 1.54) is 4.68 Å². The third-order valence-corrected chi connectivity index (χ3v) is 3.35. The molecule has 0 N–H and O–H groups in total. The molecule has 3 rings (SSSR count). The van der Waals surface area contributed by atoms with Crippen molar-refractivity contribution in [3.05, 3.63) is 81.6 Å². The van der Waals surface area contributed by atoms with Gasteiger partial charge in [0.1, 0.15) is 0 Å². The van der Waals surface area contributed by atoms with Crippen LogP contribution in [0.15, 0.2) is 70.6 Å². The van der Waals surface area contributed by atoms with E-state index in [1.807, 2.05) is 60.7 Å². The fourth-order valence-electron chi connectivity index (χ4n) is 2.38. The Morgan fingerprint density at radius 1 is 0.810 bits per heavy atom. The molecule has 1 aromatic heterocycles. The fraction of sp³-hybridized carbons (Fsp3) is 0.0625. The molecule has 21 heavy (non-hydrogen) atoms. The average Bonchev–Trinajstić information content (AvgIpc) is 2.79. The number of benzene rings is 2. The first-order valence-corrected chi connectivity index (χ1v) is 6.53. The molecule has 104 valence electrons. The van der Waals surface area contributed by atoms with Gasteiger partial charge in [0.15, 0.2) is 5.69 Å². The van der Waals surface area contributed by atoms with Crippen molar-refractivity contribution in [3.8, 4) is 11.4 Å². The normalized spacial score (nSPS) is 10.5. The summed E-state index contributed by atoms with van der Waals surface area (Å²) in [6.45, 7) is 1.71. The van der Waals surface area contributed by atoms with E-state index in [1.54, 1.807) is 11.6 Å². The molecular formula is C16H13N3O2. The highest BCUT2D eigenvalue weighted by Gasteiger charge is 2.19. The van der Waals surface area contributed by atoms with Crippen molar-refractivity contribution >= 4 is 5.69 Å². The lowest BCUT2D eigenvalue weighted by Gasteiger charge is -2.13. The van der Waals surface area contributed by atoms with Gasteiger partial charge in [0.2, 0.25) is 0 Å². The van der Waals surface area contributed by atoms with Crippen LogP contribution in [0.4, 0.5) is 5.69 Å². The second-order valence-corrected chi connectivity index (χ2v) is 4.63. The van der Waals surface area contributed by atoms with Crippen LogP contribution in [-0.2, 0) is 0 Å². The molecule has 0 aliphatic rings. The van der Waals surface area contributed by atoms with Gasteiger partial charge >= 0.3 is 5.56 Å². The number of hydrogen-bond donors (Lipinski definition) is 0. The van der Waals surface area contributed by atoms with Crippen molar-refractivity contribution in [2.75, 3.05) is 0 Å². The Bertz CT molecular complexity index is 833. The van der Waals surface area contributed by atoms with Crippen molar-refractivity contribution in [3.63, 3.8) is 0 Å². The molecule has 3 aromatic rings. The molecule has 0 radical (unpaired) electrons. The summed E-state index contributed by atoms with van der Waals surface area (Å²) in [4.78, 5) is 23.5. The van der Waals surface area contributed by atoms with Crippen LogP contribution in [-0.4, -0.2) is 9.36 Å². The first-order chi connectivity index (χ1) is 10.2. The number of rotatable bonds is 3. The molecule has 1 heterocycles. The fourth-order valence-corrected chi connectivity index (χ4v) is 2.38. The lowest BCUT2D eigenvalue weighted by atomic mass is 10.3. The standard InChI is InChI=1S/C16H13N3O2/c1-12-15(17-21)16(20)19(14-10-6-3-7-11-14)18(12)13-8-4-2-5-9-13/h2-11H,1H3. The Morgan fingerprint density at radius 3 is 1.76 bits per heavy atom. The molecule has 5 nitrogen and oxygen atoms in total. The minimum absolute atomic E-state index is 0.0669. The van der Waals surface area contributed by atoms with Gasteiger partial charge < -0.3 is 0 Å². The predicted molar refractivity (Wildman–Crippen MR) is 81.6 cm³/mol. The minimum Gasteiger partial charge on any atom is -0.265 e. The molecule has 0 atom stereocenters. The van der Waals surface area contributed by atoms with Gasteiger partial charge in [-0.25, -0.2) is 9.36 Å². The summed E-state index contributed by atoms with van der Waals surface area (Å²) < 4.78 is 3.16. The highest BCUT2D eigenvalue weighted by molar-refractivity contribution is 5.48. The Labute approximate surface area is 121 Å². The Morgan fingerprint density at radius 2 is 1.29 bits per heavy atom. The molecule has 0 spiro atoms. The highest BCUT2D eigenvalue weighted by Crippen LogP contribution is 2.21. The maximum atomic E-state index is 12.5. The molecule has 0 saturated heterocycles. The Hall–Kier alpha value is -2.95. The van der Waals surface area contributed by atoms with Crippen molar-refractivity contribution in [1.29, 1.82) is 0 Å². The van der Waals surface area contributed by atoms with Gasteiger partial charge in [-0.2, -0.15) is 0 Å². The summed E-state index contributed by atoms with van der Waals surface area (Å²) in [5.41, 5.74) is 1.51. The van der Waals surface area contributed by atoms with Gasteiger partial charge in [0.05, 0.1) is 17.1 Å². The molecule has 2 aromatic carbocycles. The van der Waals surface area contributed by atoms with Crippen LogP contribution < -0.4 is 5.56 Å². The minimum atomic E-state index is -0.419. The van der Waals surface area contributed by atoms with E-state index in [4.69, 9.17) is 0 Å². The first kappa shape index (κ1) is 13.1. The van der Waals surface area contributed by atoms with Crippen LogP contribution >= 0.6 is 0 Å². The molecule has 0 unspecified atom stereocenters. The number of nitrogens with zero attached hydrogens (tertiary/aromatic N) is 3.